The monoisotopic (exact) mass is 168 g/mol. The third-order valence-corrected chi connectivity index (χ3v) is 4.21. The Kier molecular flexibility index (Phi) is 1.21. The number of alkyl halides is 1. The number of fused-ring (bicyclic) bond motifs is 5. The Balaban J connectivity index is 1.92. The summed E-state index contributed by atoms with van der Waals surface area (Å²) in [6, 6.07) is 0. The maximum Gasteiger partial charge on any atom is 0.0342 e. The largest absolute Gasteiger partial charge is 0.123 e. The van der Waals surface area contributed by atoms with Gasteiger partial charge in [0.25, 0.3) is 0 Å². The highest BCUT2D eigenvalue weighted by Gasteiger charge is 2.48. The average molecular weight is 169 g/mol. The fourth-order valence-electron chi connectivity index (χ4n) is 3.41. The summed E-state index contributed by atoms with van der Waals surface area (Å²) in [6.07, 6.45) is 8.88. The van der Waals surface area contributed by atoms with Crippen LogP contribution in [0.5, 0.6) is 0 Å². The first-order chi connectivity index (χ1) is 5.34. The van der Waals surface area contributed by atoms with Crippen LogP contribution in [-0.4, -0.2) is 5.38 Å². The van der Waals surface area contributed by atoms with E-state index in [0.29, 0.717) is 5.38 Å². The molecule has 0 saturated heterocycles. The Morgan fingerprint density at radius 3 is 2.00 bits per heavy atom. The van der Waals surface area contributed by atoms with Crippen molar-refractivity contribution in [1.82, 2.24) is 0 Å². The van der Waals surface area contributed by atoms with Gasteiger partial charge in [-0.1, -0.05) is 12.2 Å². The lowest BCUT2D eigenvalue weighted by Gasteiger charge is -2.18. The molecular formula is C10H13Cl. The van der Waals surface area contributed by atoms with Crippen LogP contribution in [0, 0.1) is 23.7 Å². The van der Waals surface area contributed by atoms with Crippen LogP contribution in [0.2, 0.25) is 0 Å². The molecule has 0 aromatic rings. The van der Waals surface area contributed by atoms with Crippen molar-refractivity contribution in [2.45, 2.75) is 24.6 Å². The van der Waals surface area contributed by atoms with Crippen molar-refractivity contribution in [2.24, 2.45) is 23.7 Å². The van der Waals surface area contributed by atoms with Crippen molar-refractivity contribution in [3.05, 3.63) is 12.2 Å². The van der Waals surface area contributed by atoms with Gasteiger partial charge in [0.2, 0.25) is 0 Å². The van der Waals surface area contributed by atoms with E-state index in [9.17, 15) is 0 Å². The van der Waals surface area contributed by atoms with Crippen LogP contribution in [-0.2, 0) is 0 Å². The molecule has 0 amide bonds. The third-order valence-electron chi connectivity index (χ3n) is 3.86. The van der Waals surface area contributed by atoms with Gasteiger partial charge in [-0.05, 0) is 42.9 Å². The predicted molar refractivity (Wildman–Crippen MR) is 46.6 cm³/mol. The normalized spacial score (nSPS) is 58.8. The van der Waals surface area contributed by atoms with Crippen molar-refractivity contribution >= 4 is 11.6 Å². The van der Waals surface area contributed by atoms with E-state index in [2.05, 4.69) is 12.2 Å². The highest BCUT2D eigenvalue weighted by Crippen LogP contribution is 2.56. The molecule has 0 radical (unpaired) electrons. The van der Waals surface area contributed by atoms with E-state index in [0.717, 1.165) is 23.7 Å². The van der Waals surface area contributed by atoms with Crippen molar-refractivity contribution in [2.75, 3.05) is 0 Å². The second kappa shape index (κ2) is 2.04. The van der Waals surface area contributed by atoms with Crippen LogP contribution < -0.4 is 0 Å². The van der Waals surface area contributed by atoms with Gasteiger partial charge in [0.15, 0.2) is 0 Å². The SMILES string of the molecule is ClC1CC2C3C=CC(C3)C2C1. The minimum atomic E-state index is 0.496. The van der Waals surface area contributed by atoms with Gasteiger partial charge in [-0.25, -0.2) is 0 Å². The molecule has 60 valence electrons. The van der Waals surface area contributed by atoms with Gasteiger partial charge >= 0.3 is 0 Å². The maximum atomic E-state index is 6.15. The molecule has 0 aliphatic heterocycles. The maximum absolute atomic E-state index is 6.15. The van der Waals surface area contributed by atoms with Crippen LogP contribution >= 0.6 is 11.6 Å². The van der Waals surface area contributed by atoms with E-state index in [-0.39, 0.29) is 0 Å². The molecule has 11 heavy (non-hydrogen) atoms. The summed E-state index contributed by atoms with van der Waals surface area (Å²) in [4.78, 5) is 0. The van der Waals surface area contributed by atoms with E-state index in [4.69, 9.17) is 11.6 Å². The summed E-state index contributed by atoms with van der Waals surface area (Å²) in [5.41, 5.74) is 0. The molecule has 3 aliphatic rings. The van der Waals surface area contributed by atoms with E-state index >= 15 is 0 Å². The zero-order chi connectivity index (χ0) is 7.42. The first kappa shape index (κ1) is 6.54. The van der Waals surface area contributed by atoms with Crippen molar-refractivity contribution in [3.8, 4) is 0 Å². The van der Waals surface area contributed by atoms with E-state index < -0.39 is 0 Å². The van der Waals surface area contributed by atoms with Gasteiger partial charge in [0.1, 0.15) is 0 Å². The molecule has 1 heteroatoms. The molecule has 0 N–H and O–H groups in total. The molecule has 3 aliphatic carbocycles. The Hall–Kier alpha value is 0.0300. The minimum absolute atomic E-state index is 0.496. The molecule has 2 fully saturated rings. The lowest BCUT2D eigenvalue weighted by molar-refractivity contribution is 0.364. The summed E-state index contributed by atoms with van der Waals surface area (Å²) in [5, 5.41) is 0.496. The van der Waals surface area contributed by atoms with Crippen molar-refractivity contribution in [3.63, 3.8) is 0 Å². The second-order valence-corrected chi connectivity index (χ2v) is 4.96. The fourth-order valence-corrected chi connectivity index (χ4v) is 3.82. The fraction of sp³-hybridized carbons (Fsp3) is 0.800. The van der Waals surface area contributed by atoms with E-state index in [1.165, 1.54) is 19.3 Å². The number of halogens is 1. The van der Waals surface area contributed by atoms with Gasteiger partial charge in [-0.15, -0.1) is 11.6 Å². The topological polar surface area (TPSA) is 0 Å². The van der Waals surface area contributed by atoms with Crippen LogP contribution in [0.1, 0.15) is 19.3 Å². The molecule has 0 spiro atoms. The standard InChI is InChI=1S/C10H13Cl/c11-8-4-9-6-1-2-7(3-6)10(9)5-8/h1-2,6-10H,3-5H2. The first-order valence-electron chi connectivity index (χ1n) is 4.67. The molecular weight excluding hydrogens is 156 g/mol. The second-order valence-electron chi connectivity index (χ2n) is 4.34. The molecule has 0 aromatic carbocycles. The highest BCUT2D eigenvalue weighted by molar-refractivity contribution is 6.20. The van der Waals surface area contributed by atoms with Crippen LogP contribution in [0.4, 0.5) is 0 Å². The van der Waals surface area contributed by atoms with E-state index in [1.807, 2.05) is 0 Å². The van der Waals surface area contributed by atoms with Gasteiger partial charge in [0, 0.05) is 5.38 Å². The quantitative estimate of drug-likeness (QED) is 0.386. The lowest BCUT2D eigenvalue weighted by atomic mass is 9.86. The number of hydrogen-bond acceptors (Lipinski definition) is 0. The molecule has 4 atom stereocenters. The van der Waals surface area contributed by atoms with Crippen molar-refractivity contribution in [1.29, 1.82) is 0 Å². The Labute approximate surface area is 72.6 Å². The molecule has 2 saturated carbocycles. The average Bonchev–Trinajstić information content (AvgIpc) is 2.53. The molecule has 0 heterocycles. The first-order valence-corrected chi connectivity index (χ1v) is 5.10. The lowest BCUT2D eigenvalue weighted by Crippen LogP contribution is -2.12. The Morgan fingerprint density at radius 1 is 0.909 bits per heavy atom. The molecule has 0 aromatic heterocycles. The molecule has 2 bridgehead atoms. The summed E-state index contributed by atoms with van der Waals surface area (Å²) in [7, 11) is 0. The number of allylic oxidation sites excluding steroid dienone is 2. The van der Waals surface area contributed by atoms with Gasteiger partial charge < -0.3 is 0 Å². The smallest absolute Gasteiger partial charge is 0.0342 e. The molecule has 0 nitrogen and oxygen atoms in total. The summed E-state index contributed by atoms with van der Waals surface area (Å²) >= 11 is 6.15. The van der Waals surface area contributed by atoms with Crippen LogP contribution in [0.15, 0.2) is 12.2 Å². The predicted octanol–water partition coefficient (Wildman–Crippen LogP) is 2.83. The molecule has 4 unspecified atom stereocenters. The Bertz CT molecular complexity index is 189. The van der Waals surface area contributed by atoms with Gasteiger partial charge in [-0.3, -0.25) is 0 Å². The van der Waals surface area contributed by atoms with Gasteiger partial charge in [0.05, 0.1) is 0 Å². The Morgan fingerprint density at radius 2 is 1.45 bits per heavy atom. The summed E-state index contributed by atoms with van der Waals surface area (Å²) in [6.45, 7) is 0. The van der Waals surface area contributed by atoms with Gasteiger partial charge in [-0.2, -0.15) is 0 Å². The van der Waals surface area contributed by atoms with Crippen LogP contribution in [0.3, 0.4) is 0 Å². The zero-order valence-corrected chi connectivity index (χ0v) is 7.30. The minimum Gasteiger partial charge on any atom is -0.123 e. The number of rotatable bonds is 0. The highest BCUT2D eigenvalue weighted by atomic mass is 35.5. The van der Waals surface area contributed by atoms with Crippen molar-refractivity contribution < 1.29 is 0 Å². The van der Waals surface area contributed by atoms with E-state index in [1.54, 1.807) is 0 Å². The third kappa shape index (κ3) is 0.767. The number of hydrogen-bond donors (Lipinski definition) is 0. The zero-order valence-electron chi connectivity index (χ0n) is 6.54. The summed E-state index contributed by atoms with van der Waals surface area (Å²) < 4.78 is 0. The van der Waals surface area contributed by atoms with Crippen LogP contribution in [0.25, 0.3) is 0 Å². The molecule has 3 rings (SSSR count). The summed E-state index contributed by atoms with van der Waals surface area (Å²) in [5.74, 6) is 3.75.